The van der Waals surface area contributed by atoms with Gasteiger partial charge in [0.05, 0.1) is 0 Å². The highest BCUT2D eigenvalue weighted by Gasteiger charge is 2.21. The molecule has 0 amide bonds. The van der Waals surface area contributed by atoms with Gasteiger partial charge in [-0.05, 0) is 42.6 Å². The van der Waals surface area contributed by atoms with Gasteiger partial charge in [-0.3, -0.25) is 14.5 Å². The van der Waals surface area contributed by atoms with E-state index < -0.39 is 11.9 Å². The van der Waals surface area contributed by atoms with Gasteiger partial charge in [0.25, 0.3) is 0 Å². The summed E-state index contributed by atoms with van der Waals surface area (Å²) in [6.45, 7) is 7.93. The number of carbonyl (C=O) groups excluding carboxylic acids is 2. The lowest BCUT2D eigenvalue weighted by Crippen LogP contribution is -2.31. The summed E-state index contributed by atoms with van der Waals surface area (Å²) in [5.74, 6) is -0.167. The van der Waals surface area contributed by atoms with Crippen LogP contribution in [-0.4, -0.2) is 29.9 Å². The number of benzene rings is 1. The van der Waals surface area contributed by atoms with Gasteiger partial charge in [0, 0.05) is 26.9 Å². The van der Waals surface area contributed by atoms with Crippen molar-refractivity contribution < 1.29 is 19.1 Å². The van der Waals surface area contributed by atoms with Crippen molar-refractivity contribution in [3.63, 3.8) is 0 Å². The quantitative estimate of drug-likeness (QED) is 0.230. The number of nitrogens with zero attached hydrogens (tertiary/aromatic N) is 1. The number of unbranched alkanes of at least 4 members (excludes halogenated alkanes) is 9. The molecule has 0 N–H and O–H groups in total. The van der Waals surface area contributed by atoms with Crippen LogP contribution in [0.3, 0.4) is 0 Å². The van der Waals surface area contributed by atoms with Gasteiger partial charge in [0.15, 0.2) is 11.5 Å². The van der Waals surface area contributed by atoms with E-state index in [0.717, 1.165) is 31.6 Å². The first kappa shape index (κ1) is 24.4. The van der Waals surface area contributed by atoms with Crippen LogP contribution in [0.25, 0.3) is 0 Å². The van der Waals surface area contributed by atoms with Crippen LogP contribution < -0.4 is 9.47 Å². The van der Waals surface area contributed by atoms with Crippen molar-refractivity contribution in [2.75, 3.05) is 13.1 Å². The van der Waals surface area contributed by atoms with Crippen LogP contribution in [0.15, 0.2) is 12.1 Å². The number of esters is 2. The minimum Gasteiger partial charge on any atom is -0.423 e. The first-order valence-electron chi connectivity index (χ1n) is 11.7. The van der Waals surface area contributed by atoms with E-state index in [0.29, 0.717) is 11.5 Å². The summed E-state index contributed by atoms with van der Waals surface area (Å²) < 4.78 is 10.5. The second-order valence-corrected chi connectivity index (χ2v) is 8.46. The Morgan fingerprint density at radius 3 is 1.83 bits per heavy atom. The van der Waals surface area contributed by atoms with E-state index >= 15 is 0 Å². The smallest absolute Gasteiger partial charge is 0.308 e. The highest BCUT2D eigenvalue weighted by atomic mass is 16.6. The Balaban J connectivity index is 1.75. The molecule has 168 valence electrons. The van der Waals surface area contributed by atoms with E-state index in [1.54, 1.807) is 0 Å². The van der Waals surface area contributed by atoms with Crippen molar-refractivity contribution >= 4 is 11.9 Å². The van der Waals surface area contributed by atoms with Crippen LogP contribution in [0.2, 0.25) is 0 Å². The number of rotatable bonds is 13. The lowest BCUT2D eigenvalue weighted by Gasteiger charge is -2.29. The zero-order chi connectivity index (χ0) is 21.8. The van der Waals surface area contributed by atoms with Crippen molar-refractivity contribution in [1.29, 1.82) is 0 Å². The molecule has 0 unspecified atom stereocenters. The first-order chi connectivity index (χ1) is 14.5. The van der Waals surface area contributed by atoms with Gasteiger partial charge in [-0.25, -0.2) is 0 Å². The van der Waals surface area contributed by atoms with Gasteiger partial charge >= 0.3 is 11.9 Å². The first-order valence-corrected chi connectivity index (χ1v) is 11.7. The average molecular weight is 418 g/mol. The lowest BCUT2D eigenvalue weighted by molar-refractivity contribution is -0.134. The summed E-state index contributed by atoms with van der Waals surface area (Å²) in [7, 11) is 0. The number of carbonyl (C=O) groups is 2. The fourth-order valence-corrected chi connectivity index (χ4v) is 4.11. The summed E-state index contributed by atoms with van der Waals surface area (Å²) in [5.41, 5.74) is 2.32. The van der Waals surface area contributed by atoms with E-state index in [2.05, 4.69) is 11.8 Å². The molecule has 30 heavy (non-hydrogen) atoms. The molecule has 0 saturated carbocycles. The number of hydrogen-bond donors (Lipinski definition) is 0. The van der Waals surface area contributed by atoms with E-state index in [4.69, 9.17) is 9.47 Å². The van der Waals surface area contributed by atoms with E-state index in [1.807, 2.05) is 12.1 Å². The van der Waals surface area contributed by atoms with Gasteiger partial charge in [-0.2, -0.15) is 0 Å². The van der Waals surface area contributed by atoms with E-state index in [1.165, 1.54) is 83.6 Å². The molecule has 0 bridgehead atoms. The third kappa shape index (κ3) is 8.86. The summed E-state index contributed by atoms with van der Waals surface area (Å²) >= 11 is 0. The molecule has 5 heteroatoms. The minimum atomic E-state index is -0.415. The Morgan fingerprint density at radius 1 is 0.800 bits per heavy atom. The van der Waals surface area contributed by atoms with Crippen LogP contribution >= 0.6 is 0 Å². The second-order valence-electron chi connectivity index (χ2n) is 8.46. The zero-order valence-corrected chi connectivity index (χ0v) is 19.1. The molecule has 0 saturated heterocycles. The van der Waals surface area contributed by atoms with Crippen molar-refractivity contribution in [3.05, 3.63) is 23.3 Å². The molecule has 0 atom stereocenters. The summed E-state index contributed by atoms with van der Waals surface area (Å²) in [6.07, 6.45) is 14.4. The molecule has 0 radical (unpaired) electrons. The molecule has 1 aromatic carbocycles. The molecular weight excluding hydrogens is 378 g/mol. The predicted octanol–water partition coefficient (Wildman–Crippen LogP) is 5.82. The Morgan fingerprint density at radius 2 is 1.30 bits per heavy atom. The van der Waals surface area contributed by atoms with Crippen molar-refractivity contribution in [2.24, 2.45) is 0 Å². The fraction of sp³-hybridized carbons (Fsp3) is 0.680. The van der Waals surface area contributed by atoms with Crippen LogP contribution in [0.4, 0.5) is 0 Å². The van der Waals surface area contributed by atoms with Crippen LogP contribution in [0.5, 0.6) is 11.5 Å². The summed E-state index contributed by atoms with van der Waals surface area (Å²) in [5, 5.41) is 0. The number of ether oxygens (including phenoxy) is 2. The second kappa shape index (κ2) is 13.4. The SMILES string of the molecule is CCCCCCCCCCCCN1CCc2cc(OC(C)=O)c(OC(C)=O)cc2C1. The van der Waals surface area contributed by atoms with Crippen molar-refractivity contribution in [3.8, 4) is 11.5 Å². The molecule has 0 fully saturated rings. The monoisotopic (exact) mass is 417 g/mol. The minimum absolute atomic E-state index is 0.331. The molecule has 0 aliphatic carbocycles. The maximum absolute atomic E-state index is 11.4. The van der Waals surface area contributed by atoms with Gasteiger partial charge in [-0.1, -0.05) is 64.7 Å². The van der Waals surface area contributed by atoms with Gasteiger partial charge in [0.2, 0.25) is 0 Å². The third-order valence-electron chi connectivity index (χ3n) is 5.69. The molecule has 1 aliphatic heterocycles. The topological polar surface area (TPSA) is 55.8 Å². The Bertz CT molecular complexity index is 686. The van der Waals surface area contributed by atoms with E-state index in [9.17, 15) is 9.59 Å². The molecule has 0 spiro atoms. The molecule has 1 heterocycles. The van der Waals surface area contributed by atoms with Crippen LogP contribution in [0, 0.1) is 0 Å². The number of fused-ring (bicyclic) bond motifs is 1. The average Bonchev–Trinajstić information content (AvgIpc) is 2.69. The molecule has 5 nitrogen and oxygen atoms in total. The highest BCUT2D eigenvalue weighted by Crippen LogP contribution is 2.34. The Hall–Kier alpha value is -1.88. The largest absolute Gasteiger partial charge is 0.423 e. The van der Waals surface area contributed by atoms with Gasteiger partial charge in [-0.15, -0.1) is 0 Å². The zero-order valence-electron chi connectivity index (χ0n) is 19.1. The Labute approximate surface area is 182 Å². The van der Waals surface area contributed by atoms with Gasteiger partial charge < -0.3 is 9.47 Å². The lowest BCUT2D eigenvalue weighted by atomic mass is 9.98. The maximum atomic E-state index is 11.4. The van der Waals surface area contributed by atoms with Crippen LogP contribution in [-0.2, 0) is 22.6 Å². The fourth-order valence-electron chi connectivity index (χ4n) is 4.11. The van der Waals surface area contributed by atoms with E-state index in [-0.39, 0.29) is 0 Å². The third-order valence-corrected chi connectivity index (χ3v) is 5.69. The van der Waals surface area contributed by atoms with Crippen molar-refractivity contribution in [2.45, 2.75) is 97.9 Å². The maximum Gasteiger partial charge on any atom is 0.308 e. The highest BCUT2D eigenvalue weighted by molar-refractivity contribution is 5.74. The summed E-state index contributed by atoms with van der Waals surface area (Å²) in [6, 6.07) is 3.71. The van der Waals surface area contributed by atoms with Gasteiger partial charge in [0.1, 0.15) is 0 Å². The van der Waals surface area contributed by atoms with Crippen LogP contribution in [0.1, 0.15) is 96.1 Å². The molecule has 2 rings (SSSR count). The Kier molecular flexibility index (Phi) is 10.9. The normalized spacial score (nSPS) is 13.7. The molecule has 1 aliphatic rings. The van der Waals surface area contributed by atoms with Crippen molar-refractivity contribution in [1.82, 2.24) is 4.90 Å². The predicted molar refractivity (Wildman–Crippen MR) is 120 cm³/mol. The number of hydrogen-bond acceptors (Lipinski definition) is 5. The summed E-state index contributed by atoms with van der Waals surface area (Å²) in [4.78, 5) is 25.3. The molecular formula is C25H39NO4. The molecule has 1 aromatic rings. The molecule has 0 aromatic heterocycles. The standard InChI is InChI=1S/C25H39NO4/c1-4-5-6-7-8-9-10-11-12-13-15-26-16-14-22-17-24(29-20(2)27)25(30-21(3)28)18-23(22)19-26/h17-18H,4-16,19H2,1-3H3.